The molecule has 3 rings (SSSR count). The van der Waals surface area contributed by atoms with Crippen LogP contribution >= 0.6 is 0 Å². The molecule has 0 amide bonds. The van der Waals surface area contributed by atoms with Crippen LogP contribution in [-0.4, -0.2) is 19.5 Å². The zero-order valence-electron chi connectivity index (χ0n) is 11.2. The van der Waals surface area contributed by atoms with Crippen molar-refractivity contribution in [2.75, 3.05) is 13.1 Å². The standard InChI is InChI=1S/C15H18F3NO/c16-15(17,18)20-13-3-1-2-11(8-13)12-9-14(10-12)4-6-19-7-5-14/h1-3,8,12,19H,4-7,9-10H2. The number of hydrogen-bond donors (Lipinski definition) is 1. The summed E-state index contributed by atoms with van der Waals surface area (Å²) in [5.41, 5.74) is 1.40. The smallest absolute Gasteiger partial charge is 0.406 e. The Labute approximate surface area is 116 Å². The van der Waals surface area contributed by atoms with Gasteiger partial charge in [0.2, 0.25) is 0 Å². The molecule has 5 heteroatoms. The lowest BCUT2D eigenvalue weighted by Gasteiger charge is -2.50. The molecule has 2 nitrogen and oxygen atoms in total. The fourth-order valence-electron chi connectivity index (χ4n) is 3.55. The summed E-state index contributed by atoms with van der Waals surface area (Å²) in [5.74, 6) is 0.270. The third kappa shape index (κ3) is 2.92. The largest absolute Gasteiger partial charge is 0.573 e. The topological polar surface area (TPSA) is 21.3 Å². The highest BCUT2D eigenvalue weighted by Crippen LogP contribution is 2.56. The van der Waals surface area contributed by atoms with Gasteiger partial charge in [-0.2, -0.15) is 0 Å². The van der Waals surface area contributed by atoms with Crippen LogP contribution in [0.1, 0.15) is 37.2 Å². The molecule has 1 saturated heterocycles. The third-order valence-corrected chi connectivity index (χ3v) is 4.59. The predicted octanol–water partition coefficient (Wildman–Crippen LogP) is 3.83. The molecule has 2 fully saturated rings. The van der Waals surface area contributed by atoms with E-state index in [1.54, 1.807) is 6.07 Å². The molecule has 2 aliphatic rings. The summed E-state index contributed by atoms with van der Waals surface area (Å²) in [4.78, 5) is 0. The Kier molecular flexibility index (Phi) is 3.40. The van der Waals surface area contributed by atoms with Crippen molar-refractivity contribution in [2.24, 2.45) is 5.41 Å². The van der Waals surface area contributed by atoms with E-state index in [0.29, 0.717) is 11.3 Å². The van der Waals surface area contributed by atoms with E-state index in [0.717, 1.165) is 31.5 Å². The Morgan fingerprint density at radius 1 is 1.15 bits per heavy atom. The molecule has 1 heterocycles. The number of benzene rings is 1. The maximum Gasteiger partial charge on any atom is 0.573 e. The number of piperidine rings is 1. The summed E-state index contributed by atoms with van der Waals surface area (Å²) in [5, 5.41) is 3.35. The van der Waals surface area contributed by atoms with Crippen LogP contribution in [0.3, 0.4) is 0 Å². The second-order valence-corrected chi connectivity index (χ2v) is 5.98. The Hall–Kier alpha value is -1.23. The SMILES string of the molecule is FC(F)(F)Oc1cccc(C2CC3(CCNCC3)C2)c1. The molecule has 1 aliphatic heterocycles. The molecule has 0 bridgehead atoms. The molecule has 110 valence electrons. The Morgan fingerprint density at radius 2 is 1.85 bits per heavy atom. The molecule has 0 radical (unpaired) electrons. The first-order valence-electron chi connectivity index (χ1n) is 7.02. The van der Waals surface area contributed by atoms with Gasteiger partial charge in [0.1, 0.15) is 5.75 Å². The number of ether oxygens (including phenoxy) is 1. The molecular weight excluding hydrogens is 267 g/mol. The second-order valence-electron chi connectivity index (χ2n) is 5.98. The van der Waals surface area contributed by atoms with Gasteiger partial charge in [-0.3, -0.25) is 0 Å². The van der Waals surface area contributed by atoms with Crippen LogP contribution in [0, 0.1) is 5.41 Å². The van der Waals surface area contributed by atoms with Gasteiger partial charge in [0.25, 0.3) is 0 Å². The van der Waals surface area contributed by atoms with Crippen molar-refractivity contribution in [1.29, 1.82) is 0 Å². The maximum absolute atomic E-state index is 12.2. The van der Waals surface area contributed by atoms with E-state index in [2.05, 4.69) is 10.1 Å². The molecule has 1 aromatic carbocycles. The summed E-state index contributed by atoms with van der Waals surface area (Å²) in [7, 11) is 0. The van der Waals surface area contributed by atoms with Crippen LogP contribution in [0.2, 0.25) is 0 Å². The summed E-state index contributed by atoms with van der Waals surface area (Å²) in [6, 6.07) is 6.44. The lowest BCUT2D eigenvalue weighted by atomic mass is 9.56. The highest BCUT2D eigenvalue weighted by atomic mass is 19.4. The van der Waals surface area contributed by atoms with Crippen molar-refractivity contribution in [2.45, 2.75) is 38.0 Å². The van der Waals surface area contributed by atoms with E-state index in [1.807, 2.05) is 6.07 Å². The van der Waals surface area contributed by atoms with Gasteiger partial charge in [0.15, 0.2) is 0 Å². The van der Waals surface area contributed by atoms with Crippen molar-refractivity contribution in [3.05, 3.63) is 29.8 Å². The van der Waals surface area contributed by atoms with E-state index in [4.69, 9.17) is 0 Å². The van der Waals surface area contributed by atoms with Crippen molar-refractivity contribution in [3.8, 4) is 5.75 Å². The van der Waals surface area contributed by atoms with Gasteiger partial charge in [0, 0.05) is 0 Å². The zero-order chi connectivity index (χ0) is 14.2. The molecule has 1 saturated carbocycles. The van der Waals surface area contributed by atoms with Gasteiger partial charge in [0.05, 0.1) is 0 Å². The van der Waals surface area contributed by atoms with Crippen LogP contribution < -0.4 is 10.1 Å². The fraction of sp³-hybridized carbons (Fsp3) is 0.600. The van der Waals surface area contributed by atoms with E-state index in [9.17, 15) is 13.2 Å². The van der Waals surface area contributed by atoms with Crippen molar-refractivity contribution >= 4 is 0 Å². The quantitative estimate of drug-likeness (QED) is 0.891. The van der Waals surface area contributed by atoms with E-state index >= 15 is 0 Å². The highest BCUT2D eigenvalue weighted by molar-refractivity contribution is 5.33. The first-order chi connectivity index (χ1) is 9.46. The number of alkyl halides is 3. The fourth-order valence-corrected chi connectivity index (χ4v) is 3.55. The van der Waals surface area contributed by atoms with E-state index in [1.165, 1.54) is 25.0 Å². The minimum atomic E-state index is -4.62. The molecule has 0 unspecified atom stereocenters. The van der Waals surface area contributed by atoms with E-state index in [-0.39, 0.29) is 5.75 Å². The molecule has 20 heavy (non-hydrogen) atoms. The van der Waals surface area contributed by atoms with Crippen LogP contribution in [0.4, 0.5) is 13.2 Å². The minimum absolute atomic E-state index is 0.110. The number of halogens is 3. The molecule has 0 aromatic heterocycles. The van der Waals surface area contributed by atoms with Crippen molar-refractivity contribution < 1.29 is 17.9 Å². The van der Waals surface area contributed by atoms with Gasteiger partial charge in [-0.15, -0.1) is 13.2 Å². The summed E-state index contributed by atoms with van der Waals surface area (Å²) in [6.07, 6.45) is -0.0761. The second kappa shape index (κ2) is 4.95. The van der Waals surface area contributed by atoms with Crippen molar-refractivity contribution in [1.82, 2.24) is 5.32 Å². The Bertz CT molecular complexity index is 472. The first-order valence-corrected chi connectivity index (χ1v) is 7.02. The van der Waals surface area contributed by atoms with Crippen molar-refractivity contribution in [3.63, 3.8) is 0 Å². The lowest BCUT2D eigenvalue weighted by molar-refractivity contribution is -0.274. The average Bonchev–Trinajstić information content (AvgIpc) is 2.35. The summed E-state index contributed by atoms with van der Waals surface area (Å²) >= 11 is 0. The van der Waals surface area contributed by atoms with Gasteiger partial charge in [-0.25, -0.2) is 0 Å². The lowest BCUT2D eigenvalue weighted by Crippen LogP contribution is -2.44. The highest BCUT2D eigenvalue weighted by Gasteiger charge is 2.45. The molecule has 1 spiro atoms. The normalized spacial score (nSPS) is 22.6. The predicted molar refractivity (Wildman–Crippen MR) is 69.6 cm³/mol. The maximum atomic E-state index is 12.2. The van der Waals surface area contributed by atoms with Gasteiger partial charge >= 0.3 is 6.36 Å². The Balaban J connectivity index is 1.65. The number of nitrogens with one attached hydrogen (secondary N) is 1. The summed E-state index contributed by atoms with van der Waals surface area (Å²) < 4.78 is 40.7. The molecular formula is C15H18F3NO. The van der Waals surface area contributed by atoms with E-state index < -0.39 is 6.36 Å². The zero-order valence-corrected chi connectivity index (χ0v) is 11.2. The molecule has 1 aromatic rings. The van der Waals surface area contributed by atoms with Gasteiger partial charge < -0.3 is 10.1 Å². The van der Waals surface area contributed by atoms with Crippen LogP contribution in [0.25, 0.3) is 0 Å². The van der Waals surface area contributed by atoms with Crippen LogP contribution in [0.15, 0.2) is 24.3 Å². The number of hydrogen-bond acceptors (Lipinski definition) is 2. The molecule has 1 N–H and O–H groups in total. The van der Waals surface area contributed by atoms with Gasteiger partial charge in [-0.05, 0) is 67.8 Å². The minimum Gasteiger partial charge on any atom is -0.406 e. The summed E-state index contributed by atoms with van der Waals surface area (Å²) in [6.45, 7) is 2.12. The van der Waals surface area contributed by atoms with Crippen LogP contribution in [0.5, 0.6) is 5.75 Å². The first kappa shape index (κ1) is 13.7. The molecule has 1 aliphatic carbocycles. The van der Waals surface area contributed by atoms with Crippen LogP contribution in [-0.2, 0) is 0 Å². The Morgan fingerprint density at radius 3 is 2.50 bits per heavy atom. The average molecular weight is 285 g/mol. The monoisotopic (exact) mass is 285 g/mol. The third-order valence-electron chi connectivity index (χ3n) is 4.59. The number of rotatable bonds is 2. The molecule has 0 atom stereocenters. The van der Waals surface area contributed by atoms with Gasteiger partial charge in [-0.1, -0.05) is 12.1 Å².